The molecule has 0 aliphatic carbocycles. The first-order chi connectivity index (χ1) is 9.16. The average molecular weight is 276 g/mol. The van der Waals surface area contributed by atoms with E-state index in [2.05, 4.69) is 10.5 Å². The highest BCUT2D eigenvalue weighted by atomic mass is 32.2. The second-order valence-electron chi connectivity index (χ2n) is 4.23. The van der Waals surface area contributed by atoms with Gasteiger partial charge in [-0.05, 0) is 12.1 Å². The molecule has 1 unspecified atom stereocenters. The summed E-state index contributed by atoms with van der Waals surface area (Å²) < 4.78 is 0. The first-order valence-electron chi connectivity index (χ1n) is 5.86. The van der Waals surface area contributed by atoms with Crippen LogP contribution in [0, 0.1) is 0 Å². The second-order valence-corrected chi connectivity index (χ2v) is 5.45. The molecule has 0 aromatic heterocycles. The summed E-state index contributed by atoms with van der Waals surface area (Å²) in [5, 5.41) is 4.84. The molecule has 2 amide bonds. The number of hydrazone groups is 1. The summed E-state index contributed by atoms with van der Waals surface area (Å²) in [6.45, 7) is 0.326. The monoisotopic (exact) mass is 276 g/mol. The highest BCUT2D eigenvalue weighted by Gasteiger charge is 2.35. The molecule has 0 bridgehead atoms. The fourth-order valence-corrected chi connectivity index (χ4v) is 2.81. The Morgan fingerprint density at radius 2 is 1.89 bits per heavy atom. The Morgan fingerprint density at radius 3 is 2.42 bits per heavy atom. The second kappa shape index (κ2) is 4.67. The standard InChI is InChI=1S/C12H12N4O2S/c13-12-15-14-9(19-12)5-6-16-10(17)7-3-1-2-4-8(7)11(16)18/h1-4,12,15H,5-6,13H2. The summed E-state index contributed by atoms with van der Waals surface area (Å²) in [5.74, 6) is -0.470. The maximum Gasteiger partial charge on any atom is 0.261 e. The van der Waals surface area contributed by atoms with E-state index in [9.17, 15) is 9.59 Å². The Morgan fingerprint density at radius 1 is 1.26 bits per heavy atom. The first-order valence-corrected chi connectivity index (χ1v) is 6.74. The fourth-order valence-electron chi connectivity index (χ4n) is 2.10. The van der Waals surface area contributed by atoms with Crippen molar-refractivity contribution >= 4 is 28.6 Å². The molecule has 19 heavy (non-hydrogen) atoms. The fraction of sp³-hybridized carbons (Fsp3) is 0.250. The van der Waals surface area contributed by atoms with Crippen LogP contribution >= 0.6 is 11.8 Å². The Hall–Kier alpha value is -1.86. The van der Waals surface area contributed by atoms with Crippen molar-refractivity contribution < 1.29 is 9.59 Å². The normalized spacial score (nSPS) is 21.4. The molecule has 1 aromatic rings. The molecule has 0 saturated carbocycles. The molecule has 6 nitrogen and oxygen atoms in total. The largest absolute Gasteiger partial charge is 0.301 e. The molecule has 1 atom stereocenters. The minimum Gasteiger partial charge on any atom is -0.301 e. The van der Waals surface area contributed by atoms with Gasteiger partial charge in [-0.1, -0.05) is 23.9 Å². The molecule has 0 saturated heterocycles. The van der Waals surface area contributed by atoms with Gasteiger partial charge in [0, 0.05) is 13.0 Å². The van der Waals surface area contributed by atoms with Crippen molar-refractivity contribution in [3.8, 4) is 0 Å². The topological polar surface area (TPSA) is 87.8 Å². The summed E-state index contributed by atoms with van der Waals surface area (Å²) >= 11 is 1.40. The van der Waals surface area contributed by atoms with Crippen LogP contribution in [0.25, 0.3) is 0 Å². The van der Waals surface area contributed by atoms with Gasteiger partial charge in [0.15, 0.2) is 0 Å². The lowest BCUT2D eigenvalue weighted by Gasteiger charge is -2.12. The minimum absolute atomic E-state index is 0.235. The Kier molecular flexibility index (Phi) is 3.00. The molecular weight excluding hydrogens is 264 g/mol. The van der Waals surface area contributed by atoms with Crippen LogP contribution < -0.4 is 11.2 Å². The smallest absolute Gasteiger partial charge is 0.261 e. The Bertz CT molecular complexity index is 552. The Balaban J connectivity index is 1.71. The quantitative estimate of drug-likeness (QED) is 0.788. The lowest BCUT2D eigenvalue weighted by Crippen LogP contribution is -2.31. The third kappa shape index (κ3) is 2.11. The molecule has 1 aromatic carbocycles. The van der Waals surface area contributed by atoms with E-state index in [4.69, 9.17) is 5.73 Å². The predicted molar refractivity (Wildman–Crippen MR) is 72.6 cm³/mol. The number of thioether (sulfide) groups is 1. The van der Waals surface area contributed by atoms with E-state index < -0.39 is 0 Å². The molecular formula is C12H12N4O2S. The zero-order valence-corrected chi connectivity index (χ0v) is 10.8. The lowest BCUT2D eigenvalue weighted by atomic mass is 10.1. The van der Waals surface area contributed by atoms with Crippen molar-refractivity contribution in [1.29, 1.82) is 0 Å². The third-order valence-electron chi connectivity index (χ3n) is 3.01. The number of nitrogens with zero attached hydrogens (tertiary/aromatic N) is 2. The number of imide groups is 1. The number of amides is 2. The van der Waals surface area contributed by atoms with E-state index in [1.54, 1.807) is 24.3 Å². The predicted octanol–water partition coefficient (Wildman–Crippen LogP) is 0.565. The van der Waals surface area contributed by atoms with Crippen molar-refractivity contribution in [3.63, 3.8) is 0 Å². The van der Waals surface area contributed by atoms with Gasteiger partial charge in [0.1, 0.15) is 5.50 Å². The summed E-state index contributed by atoms with van der Waals surface area (Å²) in [6.07, 6.45) is 0.525. The van der Waals surface area contributed by atoms with Crippen molar-refractivity contribution in [2.45, 2.75) is 11.9 Å². The van der Waals surface area contributed by atoms with Gasteiger partial charge in [-0.3, -0.25) is 19.9 Å². The summed E-state index contributed by atoms with van der Waals surface area (Å²) in [5.41, 5.74) is 9.06. The number of hydrogen-bond donors (Lipinski definition) is 2. The number of carbonyl (C=O) groups excluding carboxylic acids is 2. The summed E-state index contributed by atoms with van der Waals surface area (Å²) in [6, 6.07) is 6.87. The van der Waals surface area contributed by atoms with Gasteiger partial charge in [0.05, 0.1) is 16.2 Å². The molecule has 0 spiro atoms. The highest BCUT2D eigenvalue weighted by molar-refractivity contribution is 8.14. The van der Waals surface area contributed by atoms with Crippen molar-refractivity contribution in [1.82, 2.24) is 10.3 Å². The number of fused-ring (bicyclic) bond motifs is 1. The van der Waals surface area contributed by atoms with E-state index in [1.807, 2.05) is 0 Å². The van der Waals surface area contributed by atoms with Gasteiger partial charge in [-0.2, -0.15) is 5.10 Å². The number of nitrogens with one attached hydrogen (secondary N) is 1. The molecule has 3 N–H and O–H groups in total. The summed E-state index contributed by atoms with van der Waals surface area (Å²) in [7, 11) is 0. The minimum atomic E-state index is -0.239. The van der Waals surface area contributed by atoms with Crippen molar-refractivity contribution in [2.24, 2.45) is 10.8 Å². The first kappa shape index (κ1) is 12.2. The van der Waals surface area contributed by atoms with Gasteiger partial charge in [-0.15, -0.1) is 0 Å². The zero-order chi connectivity index (χ0) is 13.4. The van der Waals surface area contributed by atoms with Gasteiger partial charge in [-0.25, -0.2) is 0 Å². The van der Waals surface area contributed by atoms with Crippen LogP contribution in [0.5, 0.6) is 0 Å². The summed E-state index contributed by atoms with van der Waals surface area (Å²) in [4.78, 5) is 25.5. The maximum absolute atomic E-state index is 12.1. The van der Waals surface area contributed by atoms with E-state index >= 15 is 0 Å². The lowest BCUT2D eigenvalue weighted by molar-refractivity contribution is 0.0659. The molecule has 7 heteroatoms. The van der Waals surface area contributed by atoms with Crippen LogP contribution in [-0.4, -0.2) is 33.8 Å². The maximum atomic E-state index is 12.1. The van der Waals surface area contributed by atoms with Crippen LogP contribution in [0.1, 0.15) is 27.1 Å². The van der Waals surface area contributed by atoms with E-state index in [-0.39, 0.29) is 17.3 Å². The molecule has 3 rings (SSSR count). The number of rotatable bonds is 3. The van der Waals surface area contributed by atoms with Gasteiger partial charge in [0.2, 0.25) is 0 Å². The van der Waals surface area contributed by atoms with E-state index in [0.717, 1.165) is 5.04 Å². The third-order valence-corrected chi connectivity index (χ3v) is 3.93. The molecule has 98 valence electrons. The van der Waals surface area contributed by atoms with Gasteiger partial charge < -0.3 is 5.73 Å². The molecule has 2 heterocycles. The van der Waals surface area contributed by atoms with Crippen LogP contribution in [0.2, 0.25) is 0 Å². The van der Waals surface area contributed by atoms with Gasteiger partial charge in [0.25, 0.3) is 11.8 Å². The van der Waals surface area contributed by atoms with E-state index in [1.165, 1.54) is 16.7 Å². The van der Waals surface area contributed by atoms with Crippen LogP contribution in [-0.2, 0) is 0 Å². The van der Waals surface area contributed by atoms with Crippen LogP contribution in [0.3, 0.4) is 0 Å². The average Bonchev–Trinajstić information content (AvgIpc) is 2.93. The number of carbonyl (C=O) groups is 2. The van der Waals surface area contributed by atoms with Gasteiger partial charge >= 0.3 is 0 Å². The molecule has 2 aliphatic rings. The molecule has 0 radical (unpaired) electrons. The number of nitrogens with two attached hydrogens (primary N) is 1. The van der Waals surface area contributed by atoms with Crippen LogP contribution in [0.15, 0.2) is 29.4 Å². The highest BCUT2D eigenvalue weighted by Crippen LogP contribution is 2.23. The zero-order valence-electron chi connectivity index (χ0n) is 10.00. The molecule has 0 fully saturated rings. The van der Waals surface area contributed by atoms with Crippen molar-refractivity contribution in [2.75, 3.05) is 6.54 Å². The SMILES string of the molecule is NC1NN=C(CCN2C(=O)c3ccccc3C2=O)S1. The van der Waals surface area contributed by atoms with Crippen LogP contribution in [0.4, 0.5) is 0 Å². The Labute approximate surface area is 114 Å². The van der Waals surface area contributed by atoms with Crippen molar-refractivity contribution in [3.05, 3.63) is 35.4 Å². The van der Waals surface area contributed by atoms with E-state index in [0.29, 0.717) is 24.1 Å². The number of benzene rings is 1. The molecule has 2 aliphatic heterocycles. The number of hydrogen-bond acceptors (Lipinski definition) is 6.